The molecule has 0 saturated carbocycles. The largest absolute Gasteiger partial charge is 0.294 e. The van der Waals surface area contributed by atoms with Crippen molar-refractivity contribution in [1.29, 1.82) is 0 Å². The first kappa shape index (κ1) is 19.5. The summed E-state index contributed by atoms with van der Waals surface area (Å²) >= 11 is 1.73. The second-order valence-electron chi connectivity index (χ2n) is 6.52. The third-order valence-corrected chi connectivity index (χ3v) is 6.47. The molecule has 0 atom stereocenters. The maximum atomic E-state index is 11.4. The molecular weight excluding hydrogens is 376 g/mol. The standard InChI is InChI=1S/C22H22O3S2/c1-16-11-12-20(27(23,24)25)15-19(16)9-6-10-21(18-7-4-3-5-8-18)22-17(2)13-14-26-22/h3-5,7-8,10-15H,6,9H2,1-2H3,(H,23,24,25). The molecular formula is C22H22O3S2. The van der Waals surface area contributed by atoms with Gasteiger partial charge in [-0.1, -0.05) is 42.5 Å². The maximum Gasteiger partial charge on any atom is 0.294 e. The minimum Gasteiger partial charge on any atom is -0.282 e. The van der Waals surface area contributed by atoms with Crippen molar-refractivity contribution in [3.63, 3.8) is 0 Å². The highest BCUT2D eigenvalue weighted by Crippen LogP contribution is 2.31. The van der Waals surface area contributed by atoms with E-state index in [0.717, 1.165) is 17.5 Å². The molecule has 5 heteroatoms. The molecule has 3 rings (SSSR count). The molecule has 0 aliphatic heterocycles. The van der Waals surface area contributed by atoms with Crippen molar-refractivity contribution in [3.8, 4) is 0 Å². The molecule has 0 radical (unpaired) electrons. The average Bonchev–Trinajstić information content (AvgIpc) is 3.05. The number of allylic oxidation sites excluding steroid dienone is 1. The molecule has 27 heavy (non-hydrogen) atoms. The van der Waals surface area contributed by atoms with E-state index < -0.39 is 10.1 Å². The Hall–Kier alpha value is -2.21. The molecule has 0 amide bonds. The first-order valence-corrected chi connectivity index (χ1v) is 11.1. The van der Waals surface area contributed by atoms with Crippen LogP contribution in [-0.2, 0) is 16.5 Å². The summed E-state index contributed by atoms with van der Waals surface area (Å²) in [6.07, 6.45) is 3.70. The lowest BCUT2D eigenvalue weighted by Gasteiger charge is -2.10. The van der Waals surface area contributed by atoms with Crippen LogP contribution in [0.2, 0.25) is 0 Å². The molecule has 1 N–H and O–H groups in total. The number of rotatable bonds is 6. The average molecular weight is 399 g/mol. The summed E-state index contributed by atoms with van der Waals surface area (Å²) < 4.78 is 32.1. The smallest absolute Gasteiger partial charge is 0.282 e. The summed E-state index contributed by atoms with van der Waals surface area (Å²) in [5, 5.41) is 2.10. The van der Waals surface area contributed by atoms with Crippen LogP contribution in [-0.4, -0.2) is 13.0 Å². The Morgan fingerprint density at radius 3 is 2.41 bits per heavy atom. The Labute approximate surface area is 164 Å². The molecule has 140 valence electrons. The lowest BCUT2D eigenvalue weighted by molar-refractivity contribution is 0.483. The third kappa shape index (κ3) is 4.75. The zero-order valence-electron chi connectivity index (χ0n) is 15.3. The SMILES string of the molecule is Cc1ccc(S(=O)(=O)O)cc1CCC=C(c1ccccc1)c1sccc1C. The van der Waals surface area contributed by atoms with Crippen molar-refractivity contribution in [2.45, 2.75) is 31.6 Å². The van der Waals surface area contributed by atoms with Gasteiger partial charge in [-0.25, -0.2) is 0 Å². The van der Waals surface area contributed by atoms with Crippen LogP contribution in [0.4, 0.5) is 0 Å². The van der Waals surface area contributed by atoms with Gasteiger partial charge in [-0.05, 0) is 78.1 Å². The van der Waals surface area contributed by atoms with Crippen LogP contribution >= 0.6 is 11.3 Å². The van der Waals surface area contributed by atoms with E-state index in [1.54, 1.807) is 23.5 Å². The van der Waals surface area contributed by atoms with Crippen LogP contribution in [0, 0.1) is 13.8 Å². The molecule has 3 nitrogen and oxygen atoms in total. The second kappa shape index (κ2) is 8.21. The van der Waals surface area contributed by atoms with Crippen LogP contribution in [0.25, 0.3) is 5.57 Å². The van der Waals surface area contributed by atoms with E-state index in [-0.39, 0.29) is 4.90 Å². The fraction of sp³-hybridized carbons (Fsp3) is 0.182. The van der Waals surface area contributed by atoms with Gasteiger partial charge in [0.05, 0.1) is 4.90 Å². The van der Waals surface area contributed by atoms with Gasteiger partial charge < -0.3 is 0 Å². The van der Waals surface area contributed by atoms with Gasteiger partial charge in [0.2, 0.25) is 0 Å². The summed E-state index contributed by atoms with van der Waals surface area (Å²) in [6.45, 7) is 4.07. The summed E-state index contributed by atoms with van der Waals surface area (Å²) in [5.41, 5.74) is 5.57. The van der Waals surface area contributed by atoms with E-state index in [2.05, 4.69) is 36.6 Å². The van der Waals surface area contributed by atoms with Crippen molar-refractivity contribution in [1.82, 2.24) is 0 Å². The van der Waals surface area contributed by atoms with Crippen LogP contribution in [0.15, 0.2) is 70.9 Å². The summed E-state index contributed by atoms with van der Waals surface area (Å²) in [6, 6.07) is 17.2. The fourth-order valence-electron chi connectivity index (χ4n) is 3.06. The first-order valence-electron chi connectivity index (χ1n) is 8.73. The summed E-state index contributed by atoms with van der Waals surface area (Å²) in [4.78, 5) is 1.20. The third-order valence-electron chi connectivity index (χ3n) is 4.57. The van der Waals surface area contributed by atoms with Crippen molar-refractivity contribution >= 4 is 27.0 Å². The van der Waals surface area contributed by atoms with Gasteiger partial charge in [0.1, 0.15) is 0 Å². The van der Waals surface area contributed by atoms with Crippen molar-refractivity contribution in [2.24, 2.45) is 0 Å². The molecule has 1 heterocycles. The van der Waals surface area contributed by atoms with Crippen molar-refractivity contribution in [3.05, 3.63) is 93.2 Å². The van der Waals surface area contributed by atoms with E-state index in [0.29, 0.717) is 6.42 Å². The van der Waals surface area contributed by atoms with Crippen LogP contribution < -0.4 is 0 Å². The number of hydrogen-bond acceptors (Lipinski definition) is 3. The van der Waals surface area contributed by atoms with Gasteiger partial charge in [-0.3, -0.25) is 4.55 Å². The van der Waals surface area contributed by atoms with E-state index in [9.17, 15) is 13.0 Å². The topological polar surface area (TPSA) is 54.4 Å². The van der Waals surface area contributed by atoms with E-state index >= 15 is 0 Å². The monoisotopic (exact) mass is 398 g/mol. The van der Waals surface area contributed by atoms with E-state index in [1.807, 2.05) is 25.1 Å². The molecule has 0 bridgehead atoms. The van der Waals surface area contributed by atoms with Crippen LogP contribution in [0.3, 0.4) is 0 Å². The quantitative estimate of drug-likeness (QED) is 0.544. The predicted molar refractivity (Wildman–Crippen MR) is 112 cm³/mol. The van der Waals surface area contributed by atoms with Crippen molar-refractivity contribution in [2.75, 3.05) is 0 Å². The lowest BCUT2D eigenvalue weighted by atomic mass is 9.98. The highest BCUT2D eigenvalue weighted by atomic mass is 32.2. The number of hydrogen-bond donors (Lipinski definition) is 1. The van der Waals surface area contributed by atoms with E-state index in [4.69, 9.17) is 0 Å². The Balaban J connectivity index is 1.90. The van der Waals surface area contributed by atoms with Crippen LogP contribution in [0.5, 0.6) is 0 Å². The zero-order valence-corrected chi connectivity index (χ0v) is 17.0. The number of benzene rings is 2. The highest BCUT2D eigenvalue weighted by Gasteiger charge is 2.12. The minimum absolute atomic E-state index is 0.0514. The van der Waals surface area contributed by atoms with Gasteiger partial charge in [0.15, 0.2) is 0 Å². The van der Waals surface area contributed by atoms with Gasteiger partial charge in [-0.2, -0.15) is 8.42 Å². The lowest BCUT2D eigenvalue weighted by Crippen LogP contribution is -2.00. The van der Waals surface area contributed by atoms with Gasteiger partial charge >= 0.3 is 0 Å². The minimum atomic E-state index is -4.18. The molecule has 0 aliphatic rings. The first-order chi connectivity index (χ1) is 12.9. The molecule has 0 unspecified atom stereocenters. The molecule has 0 aliphatic carbocycles. The highest BCUT2D eigenvalue weighted by molar-refractivity contribution is 7.85. The fourth-order valence-corrected chi connectivity index (χ4v) is 4.58. The van der Waals surface area contributed by atoms with Gasteiger partial charge in [0.25, 0.3) is 10.1 Å². The second-order valence-corrected chi connectivity index (χ2v) is 8.86. The predicted octanol–water partition coefficient (Wildman–Crippen LogP) is 5.68. The van der Waals surface area contributed by atoms with Gasteiger partial charge in [0, 0.05) is 4.88 Å². The summed E-state index contributed by atoms with van der Waals surface area (Å²) in [7, 11) is -4.18. The Kier molecular flexibility index (Phi) is 5.95. The number of aryl methyl sites for hydroxylation is 3. The van der Waals surface area contributed by atoms with Gasteiger partial charge in [-0.15, -0.1) is 11.3 Å². The van der Waals surface area contributed by atoms with E-state index in [1.165, 1.54) is 27.6 Å². The van der Waals surface area contributed by atoms with Crippen LogP contribution in [0.1, 0.15) is 33.6 Å². The maximum absolute atomic E-state index is 11.4. The number of thiophene rings is 1. The molecule has 0 spiro atoms. The molecule has 0 saturated heterocycles. The molecule has 3 aromatic rings. The van der Waals surface area contributed by atoms with Crippen molar-refractivity contribution < 1.29 is 13.0 Å². The zero-order chi connectivity index (χ0) is 19.4. The molecule has 2 aromatic carbocycles. The Bertz CT molecular complexity index is 1060. The molecule has 1 aromatic heterocycles. The summed E-state index contributed by atoms with van der Waals surface area (Å²) in [5.74, 6) is 0. The Morgan fingerprint density at radius 2 is 1.78 bits per heavy atom. The normalized spacial score (nSPS) is 12.3. The molecule has 0 fully saturated rings. The Morgan fingerprint density at radius 1 is 1.04 bits per heavy atom.